The van der Waals surface area contributed by atoms with E-state index in [-0.39, 0.29) is 11.4 Å². The Balaban J connectivity index is 1.75. The fraction of sp³-hybridized carbons (Fsp3) is 0.294. The molecule has 1 aromatic carbocycles. The van der Waals surface area contributed by atoms with Gasteiger partial charge in [0.2, 0.25) is 10.0 Å². The van der Waals surface area contributed by atoms with Crippen LogP contribution in [0.25, 0.3) is 5.65 Å². The van der Waals surface area contributed by atoms with Crippen LogP contribution < -0.4 is 0 Å². The Bertz CT molecular complexity index is 1090. The third kappa shape index (κ3) is 3.08. The van der Waals surface area contributed by atoms with Crippen LogP contribution >= 0.6 is 0 Å². The smallest absolute Gasteiger partial charge is 0.285 e. The van der Waals surface area contributed by atoms with E-state index in [1.807, 2.05) is 0 Å². The fourth-order valence-corrected chi connectivity index (χ4v) is 5.04. The van der Waals surface area contributed by atoms with E-state index in [0.29, 0.717) is 30.4 Å². The number of nitrogens with zero attached hydrogens (tertiary/aromatic N) is 4. The largest absolute Gasteiger partial charge is 0.416 e. The van der Waals surface area contributed by atoms with Gasteiger partial charge in [0, 0.05) is 12.7 Å². The van der Waals surface area contributed by atoms with Gasteiger partial charge >= 0.3 is 6.18 Å². The molecule has 0 aliphatic carbocycles. The molecule has 3 aromatic rings. The third-order valence-corrected chi connectivity index (χ3v) is 6.51. The molecule has 3 heterocycles. The maximum absolute atomic E-state index is 13.1. The van der Waals surface area contributed by atoms with Crippen LogP contribution in [0.5, 0.6) is 0 Å². The number of alkyl halides is 3. The maximum atomic E-state index is 13.1. The molecular formula is C17H15F3N4O2S. The average molecular weight is 396 g/mol. The highest BCUT2D eigenvalue weighted by Gasteiger charge is 2.40. The fourth-order valence-electron chi connectivity index (χ4n) is 3.34. The van der Waals surface area contributed by atoms with Gasteiger partial charge in [-0.05, 0) is 43.2 Å². The summed E-state index contributed by atoms with van der Waals surface area (Å²) in [5.41, 5.74) is -0.414. The van der Waals surface area contributed by atoms with E-state index in [1.54, 1.807) is 28.8 Å². The summed E-state index contributed by atoms with van der Waals surface area (Å²) in [7, 11) is -4.11. The van der Waals surface area contributed by atoms with Gasteiger partial charge in [-0.1, -0.05) is 12.1 Å². The van der Waals surface area contributed by atoms with Crippen LogP contribution in [-0.4, -0.2) is 33.9 Å². The van der Waals surface area contributed by atoms with Gasteiger partial charge in [-0.25, -0.2) is 8.42 Å². The first kappa shape index (κ1) is 17.9. The lowest BCUT2D eigenvalue weighted by molar-refractivity contribution is -0.137. The predicted molar refractivity (Wildman–Crippen MR) is 90.3 cm³/mol. The lowest BCUT2D eigenvalue weighted by Crippen LogP contribution is -2.31. The summed E-state index contributed by atoms with van der Waals surface area (Å²) in [6.45, 7) is 0.213. The Morgan fingerprint density at radius 3 is 2.67 bits per heavy atom. The molecule has 1 unspecified atom stereocenters. The van der Waals surface area contributed by atoms with Crippen molar-refractivity contribution < 1.29 is 21.6 Å². The Kier molecular flexibility index (Phi) is 4.19. The number of pyridine rings is 1. The van der Waals surface area contributed by atoms with Crippen molar-refractivity contribution in [3.8, 4) is 0 Å². The van der Waals surface area contributed by atoms with Crippen molar-refractivity contribution in [2.24, 2.45) is 0 Å². The van der Waals surface area contributed by atoms with Crippen LogP contribution in [0, 0.1) is 0 Å². The Hall–Kier alpha value is -2.46. The maximum Gasteiger partial charge on any atom is 0.416 e. The number of benzene rings is 1. The van der Waals surface area contributed by atoms with Crippen LogP contribution in [0.4, 0.5) is 13.2 Å². The summed E-state index contributed by atoms with van der Waals surface area (Å²) < 4.78 is 68.0. The van der Waals surface area contributed by atoms with Gasteiger partial charge in [0.15, 0.2) is 11.5 Å². The highest BCUT2D eigenvalue weighted by atomic mass is 32.2. The molecule has 6 nitrogen and oxygen atoms in total. The summed E-state index contributed by atoms with van der Waals surface area (Å²) in [6.07, 6.45) is -1.77. The van der Waals surface area contributed by atoms with Gasteiger partial charge in [0.1, 0.15) is 0 Å². The van der Waals surface area contributed by atoms with E-state index in [0.717, 1.165) is 12.1 Å². The second kappa shape index (κ2) is 6.31. The van der Waals surface area contributed by atoms with E-state index >= 15 is 0 Å². The Morgan fingerprint density at radius 1 is 1.07 bits per heavy atom. The minimum absolute atomic E-state index is 0.213. The molecule has 0 saturated carbocycles. The zero-order valence-electron chi connectivity index (χ0n) is 14.0. The molecule has 0 N–H and O–H groups in total. The highest BCUT2D eigenvalue weighted by Crippen LogP contribution is 2.37. The number of aromatic nitrogens is 3. The van der Waals surface area contributed by atoms with E-state index in [9.17, 15) is 21.6 Å². The Morgan fingerprint density at radius 2 is 1.89 bits per heavy atom. The quantitative estimate of drug-likeness (QED) is 0.682. The van der Waals surface area contributed by atoms with Crippen molar-refractivity contribution in [3.05, 3.63) is 60.0 Å². The van der Waals surface area contributed by atoms with Gasteiger partial charge in [-0.15, -0.1) is 10.2 Å². The van der Waals surface area contributed by atoms with Gasteiger partial charge in [0.25, 0.3) is 0 Å². The predicted octanol–water partition coefficient (Wildman–Crippen LogP) is 3.27. The molecule has 4 rings (SSSR count). The normalized spacial score (nSPS) is 19.0. The zero-order valence-corrected chi connectivity index (χ0v) is 14.8. The molecule has 27 heavy (non-hydrogen) atoms. The molecule has 1 saturated heterocycles. The summed E-state index contributed by atoms with van der Waals surface area (Å²) in [5.74, 6) is 0.457. The molecule has 1 atom stereocenters. The van der Waals surface area contributed by atoms with Crippen molar-refractivity contribution in [1.29, 1.82) is 0 Å². The first-order valence-electron chi connectivity index (χ1n) is 8.27. The zero-order chi connectivity index (χ0) is 19.2. The lowest BCUT2D eigenvalue weighted by Gasteiger charge is -2.23. The van der Waals surface area contributed by atoms with Crippen molar-refractivity contribution in [1.82, 2.24) is 18.9 Å². The van der Waals surface area contributed by atoms with Crippen molar-refractivity contribution in [2.45, 2.75) is 30.0 Å². The number of sulfonamides is 1. The number of rotatable bonds is 3. The summed E-state index contributed by atoms with van der Waals surface area (Å²) >= 11 is 0. The van der Waals surface area contributed by atoms with Crippen LogP contribution in [0.1, 0.15) is 30.3 Å². The van der Waals surface area contributed by atoms with Crippen molar-refractivity contribution >= 4 is 15.7 Å². The van der Waals surface area contributed by atoms with Gasteiger partial charge < -0.3 is 0 Å². The SMILES string of the molecule is O=S(=O)(c1cccc(C(F)(F)F)c1)N1CCCC1c1nnc2ccccn12. The number of halogens is 3. The van der Waals surface area contributed by atoms with E-state index in [4.69, 9.17) is 0 Å². The summed E-state index contributed by atoms with van der Waals surface area (Å²) in [5, 5.41) is 8.16. The highest BCUT2D eigenvalue weighted by molar-refractivity contribution is 7.89. The summed E-state index contributed by atoms with van der Waals surface area (Å²) in [6, 6.07) is 8.55. The average Bonchev–Trinajstić information content (AvgIpc) is 3.28. The van der Waals surface area contributed by atoms with Crippen LogP contribution in [0.2, 0.25) is 0 Å². The van der Waals surface area contributed by atoms with Gasteiger partial charge in [-0.2, -0.15) is 17.5 Å². The standard InChI is InChI=1S/C17H15F3N4O2S/c18-17(19,20)12-5-3-6-13(11-12)27(25,26)24-10-4-7-14(24)16-22-21-15-8-1-2-9-23(15)16/h1-3,5-6,8-9,11,14H,4,7,10H2. The number of hydrogen-bond acceptors (Lipinski definition) is 4. The molecule has 1 aliphatic heterocycles. The molecular weight excluding hydrogens is 381 g/mol. The van der Waals surface area contributed by atoms with E-state index in [1.165, 1.54) is 10.4 Å². The second-order valence-corrected chi connectivity index (χ2v) is 8.18. The topological polar surface area (TPSA) is 67.6 Å². The molecule has 2 aromatic heterocycles. The summed E-state index contributed by atoms with van der Waals surface area (Å²) in [4.78, 5) is -0.377. The lowest BCUT2D eigenvalue weighted by atomic mass is 10.2. The van der Waals surface area contributed by atoms with Crippen molar-refractivity contribution in [3.63, 3.8) is 0 Å². The minimum atomic E-state index is -4.61. The number of fused-ring (bicyclic) bond motifs is 1. The third-order valence-electron chi connectivity index (χ3n) is 4.61. The van der Waals surface area contributed by atoms with E-state index < -0.39 is 27.8 Å². The minimum Gasteiger partial charge on any atom is -0.285 e. The molecule has 1 fully saturated rings. The van der Waals surface area contributed by atoms with Crippen LogP contribution in [0.15, 0.2) is 53.6 Å². The molecule has 0 bridgehead atoms. The van der Waals surface area contributed by atoms with Crippen LogP contribution in [0.3, 0.4) is 0 Å². The van der Waals surface area contributed by atoms with Gasteiger partial charge in [0.05, 0.1) is 16.5 Å². The Labute approximate surface area is 153 Å². The first-order valence-corrected chi connectivity index (χ1v) is 9.71. The first-order chi connectivity index (χ1) is 12.8. The molecule has 10 heteroatoms. The number of hydrogen-bond donors (Lipinski definition) is 0. The molecule has 142 valence electrons. The van der Waals surface area contributed by atoms with Crippen molar-refractivity contribution in [2.75, 3.05) is 6.54 Å². The molecule has 1 aliphatic rings. The van der Waals surface area contributed by atoms with Gasteiger partial charge in [-0.3, -0.25) is 4.40 Å². The molecule has 0 amide bonds. The van der Waals surface area contributed by atoms with E-state index in [2.05, 4.69) is 10.2 Å². The molecule has 0 radical (unpaired) electrons. The van der Waals surface area contributed by atoms with Crippen LogP contribution in [-0.2, 0) is 16.2 Å². The second-order valence-electron chi connectivity index (χ2n) is 6.29. The monoisotopic (exact) mass is 396 g/mol. The molecule has 0 spiro atoms.